The number of nitrogens with zero attached hydrogens (tertiary/aromatic N) is 3. The molecule has 1 amide bonds. The quantitative estimate of drug-likeness (QED) is 0.253. The molecule has 0 radical (unpaired) electrons. The highest BCUT2D eigenvalue weighted by Gasteiger charge is 2.42. The highest BCUT2D eigenvalue weighted by molar-refractivity contribution is 7.80. The van der Waals surface area contributed by atoms with E-state index in [1.54, 1.807) is 19.4 Å². The molecule has 3 heterocycles. The summed E-state index contributed by atoms with van der Waals surface area (Å²) in [5.41, 5.74) is 6.42. The molecule has 0 saturated carbocycles. The summed E-state index contributed by atoms with van der Waals surface area (Å²) in [6, 6.07) is 21.1. The van der Waals surface area contributed by atoms with Crippen molar-refractivity contribution in [2.75, 3.05) is 31.0 Å². The first-order valence-electron chi connectivity index (χ1n) is 12.7. The van der Waals surface area contributed by atoms with E-state index in [4.69, 9.17) is 33.3 Å². The lowest BCUT2D eigenvalue weighted by Crippen LogP contribution is -2.29. The molecule has 2 aromatic heterocycles. The first-order valence-corrected chi connectivity index (χ1v) is 13.5. The van der Waals surface area contributed by atoms with Gasteiger partial charge in [-0.05, 0) is 80.2 Å². The standard InChI is InChI=1S/C30H30ClN5O3S/c1-18-14-23(19(2)35(18)20-8-7-9-22(15-20)39-4)29-28(26-10-5-6-13-32-26)34-30(40)36(29)21-11-12-25(24(31)16-21)33-27(37)17-38-3/h5-16,28-29H,17H2,1-4H3,(H,33,37)(H,34,40)/t28-,29-/m0/s1. The van der Waals surface area contributed by atoms with E-state index in [1.165, 1.54) is 7.11 Å². The van der Waals surface area contributed by atoms with Crippen molar-refractivity contribution in [3.05, 3.63) is 101 Å². The van der Waals surface area contributed by atoms with E-state index in [2.05, 4.69) is 51.1 Å². The fourth-order valence-corrected chi connectivity index (χ4v) is 5.82. The number of ether oxygens (including phenoxy) is 2. The summed E-state index contributed by atoms with van der Waals surface area (Å²) < 4.78 is 12.6. The average Bonchev–Trinajstić information content (AvgIpc) is 3.45. The molecular formula is C30H30ClN5O3S. The maximum Gasteiger partial charge on any atom is 0.250 e. The van der Waals surface area contributed by atoms with E-state index in [0.717, 1.165) is 39.8 Å². The van der Waals surface area contributed by atoms with Crippen molar-refractivity contribution in [2.24, 2.45) is 0 Å². The number of methoxy groups -OCH3 is 2. The van der Waals surface area contributed by atoms with Gasteiger partial charge in [-0.25, -0.2) is 0 Å². The molecule has 1 fully saturated rings. The lowest BCUT2D eigenvalue weighted by atomic mass is 9.96. The lowest BCUT2D eigenvalue weighted by molar-refractivity contribution is -0.119. The summed E-state index contributed by atoms with van der Waals surface area (Å²) in [5.74, 6) is 0.504. The number of thiocarbonyl (C=S) groups is 1. The maximum atomic E-state index is 12.1. The predicted molar refractivity (Wildman–Crippen MR) is 162 cm³/mol. The number of carbonyl (C=O) groups is 1. The molecule has 2 aromatic carbocycles. The molecule has 4 aromatic rings. The van der Waals surface area contributed by atoms with Gasteiger partial charge in [0.15, 0.2) is 5.11 Å². The molecule has 1 aliphatic rings. The second-order valence-corrected chi connectivity index (χ2v) is 10.3. The number of amides is 1. The predicted octanol–water partition coefficient (Wildman–Crippen LogP) is 5.91. The molecule has 0 aliphatic carbocycles. The average molecular weight is 576 g/mol. The van der Waals surface area contributed by atoms with Crippen LogP contribution in [0.15, 0.2) is 72.9 Å². The molecule has 1 saturated heterocycles. The fraction of sp³-hybridized carbons (Fsp3) is 0.233. The molecule has 206 valence electrons. The Morgan fingerprint density at radius 1 is 1.07 bits per heavy atom. The molecular weight excluding hydrogens is 546 g/mol. The van der Waals surface area contributed by atoms with Gasteiger partial charge in [-0.15, -0.1) is 0 Å². The second-order valence-electron chi connectivity index (χ2n) is 9.51. The van der Waals surface area contributed by atoms with Crippen molar-refractivity contribution in [3.8, 4) is 11.4 Å². The molecule has 0 bridgehead atoms. The van der Waals surface area contributed by atoms with E-state index in [0.29, 0.717) is 15.8 Å². The monoisotopic (exact) mass is 575 g/mol. The number of halogens is 1. The van der Waals surface area contributed by atoms with E-state index in [1.807, 2.05) is 48.5 Å². The van der Waals surface area contributed by atoms with Gasteiger partial charge in [-0.3, -0.25) is 9.78 Å². The van der Waals surface area contributed by atoms with Gasteiger partial charge in [-0.2, -0.15) is 0 Å². The van der Waals surface area contributed by atoms with Crippen LogP contribution < -0.4 is 20.3 Å². The summed E-state index contributed by atoms with van der Waals surface area (Å²) in [7, 11) is 3.13. The van der Waals surface area contributed by atoms with Crippen LogP contribution in [0.5, 0.6) is 5.75 Å². The molecule has 1 aliphatic heterocycles. The number of rotatable bonds is 8. The molecule has 8 nitrogen and oxygen atoms in total. The third-order valence-corrected chi connectivity index (χ3v) is 7.61. The van der Waals surface area contributed by atoms with Crippen molar-refractivity contribution in [2.45, 2.75) is 25.9 Å². The lowest BCUT2D eigenvalue weighted by Gasteiger charge is -2.28. The Kier molecular flexibility index (Phi) is 8.07. The van der Waals surface area contributed by atoms with Crippen LogP contribution in [0.3, 0.4) is 0 Å². The Bertz CT molecular complexity index is 1560. The highest BCUT2D eigenvalue weighted by Crippen LogP contribution is 2.44. The van der Waals surface area contributed by atoms with Crippen LogP contribution in [0.4, 0.5) is 11.4 Å². The molecule has 40 heavy (non-hydrogen) atoms. The molecule has 0 unspecified atom stereocenters. The first kappa shape index (κ1) is 27.6. The molecule has 0 spiro atoms. The maximum absolute atomic E-state index is 12.1. The number of hydrogen-bond donors (Lipinski definition) is 2. The number of aryl methyl sites for hydroxylation is 1. The van der Waals surface area contributed by atoms with Crippen LogP contribution in [0.1, 0.15) is 34.7 Å². The Morgan fingerprint density at radius 3 is 2.60 bits per heavy atom. The SMILES string of the molecule is COCC(=O)Nc1ccc(N2C(=S)N[C@@H](c3ccccn3)[C@@H]2c2cc(C)n(-c3cccc(OC)c3)c2C)cc1Cl. The minimum atomic E-state index is -0.284. The minimum Gasteiger partial charge on any atom is -0.497 e. The van der Waals surface area contributed by atoms with Crippen LogP contribution in [-0.4, -0.2) is 41.4 Å². The molecule has 5 rings (SSSR count). The van der Waals surface area contributed by atoms with Crippen molar-refractivity contribution < 1.29 is 14.3 Å². The zero-order chi connectivity index (χ0) is 28.4. The Labute approximate surface area is 243 Å². The summed E-state index contributed by atoms with van der Waals surface area (Å²) in [5, 5.41) is 7.23. The van der Waals surface area contributed by atoms with Gasteiger partial charge < -0.3 is 29.6 Å². The summed E-state index contributed by atoms with van der Waals surface area (Å²) >= 11 is 12.5. The number of anilines is 2. The first-order chi connectivity index (χ1) is 19.3. The largest absolute Gasteiger partial charge is 0.497 e. The Balaban J connectivity index is 1.61. The third kappa shape index (κ3) is 5.28. The molecule has 2 N–H and O–H groups in total. The number of benzene rings is 2. The fourth-order valence-electron chi connectivity index (χ4n) is 5.26. The van der Waals surface area contributed by atoms with Gasteiger partial charge >= 0.3 is 0 Å². The van der Waals surface area contributed by atoms with Crippen LogP contribution in [-0.2, 0) is 9.53 Å². The smallest absolute Gasteiger partial charge is 0.250 e. The van der Waals surface area contributed by atoms with Crippen molar-refractivity contribution in [1.29, 1.82) is 0 Å². The van der Waals surface area contributed by atoms with Gasteiger partial charge in [0.1, 0.15) is 12.4 Å². The van der Waals surface area contributed by atoms with Gasteiger partial charge in [0.05, 0.1) is 35.6 Å². The second kappa shape index (κ2) is 11.7. The van der Waals surface area contributed by atoms with E-state index >= 15 is 0 Å². The zero-order valence-electron chi connectivity index (χ0n) is 22.6. The summed E-state index contributed by atoms with van der Waals surface area (Å²) in [4.78, 5) is 18.8. The normalized spacial score (nSPS) is 16.6. The van der Waals surface area contributed by atoms with Crippen molar-refractivity contribution in [1.82, 2.24) is 14.9 Å². The molecule has 2 atom stereocenters. The third-order valence-electron chi connectivity index (χ3n) is 6.98. The topological polar surface area (TPSA) is 80.7 Å². The highest BCUT2D eigenvalue weighted by atomic mass is 35.5. The Hall–Kier alpha value is -3.92. The van der Waals surface area contributed by atoms with E-state index < -0.39 is 0 Å². The Morgan fingerprint density at radius 2 is 1.90 bits per heavy atom. The van der Waals surface area contributed by atoms with Crippen LogP contribution in [0, 0.1) is 13.8 Å². The number of aromatic nitrogens is 2. The summed E-state index contributed by atoms with van der Waals surface area (Å²) in [6.07, 6.45) is 1.79. The van der Waals surface area contributed by atoms with Gasteiger partial charge in [0.25, 0.3) is 0 Å². The van der Waals surface area contributed by atoms with Crippen LogP contribution in [0.2, 0.25) is 5.02 Å². The number of hydrogen-bond acceptors (Lipinski definition) is 5. The number of pyridine rings is 1. The van der Waals surface area contributed by atoms with E-state index in [-0.39, 0.29) is 24.6 Å². The van der Waals surface area contributed by atoms with Crippen molar-refractivity contribution in [3.63, 3.8) is 0 Å². The van der Waals surface area contributed by atoms with Gasteiger partial charge in [0, 0.05) is 42.1 Å². The number of carbonyl (C=O) groups excluding carboxylic acids is 1. The van der Waals surface area contributed by atoms with Crippen LogP contribution in [0.25, 0.3) is 5.69 Å². The van der Waals surface area contributed by atoms with Crippen LogP contribution >= 0.6 is 23.8 Å². The minimum absolute atomic E-state index is 0.0606. The number of nitrogens with one attached hydrogen (secondary N) is 2. The van der Waals surface area contributed by atoms with Crippen molar-refractivity contribution >= 4 is 46.2 Å². The summed E-state index contributed by atoms with van der Waals surface area (Å²) in [6.45, 7) is 4.14. The molecule has 10 heteroatoms. The van der Waals surface area contributed by atoms with E-state index in [9.17, 15) is 4.79 Å². The van der Waals surface area contributed by atoms with Gasteiger partial charge in [-0.1, -0.05) is 23.7 Å². The van der Waals surface area contributed by atoms with Gasteiger partial charge in [0.2, 0.25) is 5.91 Å². The zero-order valence-corrected chi connectivity index (χ0v) is 24.2.